The van der Waals surface area contributed by atoms with E-state index in [0.717, 1.165) is 10.2 Å². The zero-order valence-electron chi connectivity index (χ0n) is 10.4. The van der Waals surface area contributed by atoms with Gasteiger partial charge >= 0.3 is 0 Å². The largest absolute Gasteiger partial charge is 0.367 e. The Morgan fingerprint density at radius 3 is 2.26 bits per heavy atom. The van der Waals surface area contributed by atoms with Crippen molar-refractivity contribution in [2.45, 2.75) is 0 Å². The molecule has 2 aromatic carbocycles. The molecule has 19 heavy (non-hydrogen) atoms. The third-order valence-corrected chi connectivity index (χ3v) is 3.34. The predicted molar refractivity (Wildman–Crippen MR) is 78.1 cm³/mol. The van der Waals surface area contributed by atoms with Gasteiger partial charge in [-0.25, -0.2) is 4.39 Å². The first-order chi connectivity index (χ1) is 9.06. The molecule has 4 heteroatoms. The number of ketones is 1. The van der Waals surface area contributed by atoms with E-state index in [1.807, 2.05) is 19.2 Å². The summed E-state index contributed by atoms with van der Waals surface area (Å²) in [5, 5.41) is 0. The fraction of sp³-hybridized carbons (Fsp3) is 0.133. The van der Waals surface area contributed by atoms with Crippen LogP contribution in [-0.4, -0.2) is 19.4 Å². The normalized spacial score (nSPS) is 10.3. The maximum Gasteiger partial charge on any atom is 0.182 e. The Bertz CT molecular complexity index is 566. The molecular formula is C15H13BrFNO. The zero-order chi connectivity index (χ0) is 13.8. The second-order valence-electron chi connectivity index (χ2n) is 4.26. The van der Waals surface area contributed by atoms with Gasteiger partial charge in [-0.15, -0.1) is 0 Å². The van der Waals surface area contributed by atoms with Crippen LogP contribution in [0.1, 0.15) is 10.4 Å². The number of carbonyl (C=O) groups is 1. The van der Waals surface area contributed by atoms with Crippen LogP contribution in [0.4, 0.5) is 10.1 Å². The summed E-state index contributed by atoms with van der Waals surface area (Å²) in [6.45, 7) is 0.257. The topological polar surface area (TPSA) is 20.3 Å². The first kappa shape index (κ1) is 13.7. The van der Waals surface area contributed by atoms with E-state index in [2.05, 4.69) is 15.9 Å². The minimum atomic E-state index is -0.281. The van der Waals surface area contributed by atoms with Crippen molar-refractivity contribution < 1.29 is 9.18 Å². The first-order valence-electron chi connectivity index (χ1n) is 5.82. The summed E-state index contributed by atoms with van der Waals surface area (Å²) in [6.07, 6.45) is 0. The molecule has 0 aromatic heterocycles. The Hall–Kier alpha value is -1.68. The van der Waals surface area contributed by atoms with Gasteiger partial charge in [0.25, 0.3) is 0 Å². The standard InChI is InChI=1S/C15H13BrFNO/c1-18(14-8-6-13(17)7-9-14)10-15(19)11-2-4-12(16)5-3-11/h2-9H,10H2,1H3. The lowest BCUT2D eigenvalue weighted by Gasteiger charge is -2.18. The number of halogens is 2. The third-order valence-electron chi connectivity index (χ3n) is 2.81. The predicted octanol–water partition coefficient (Wildman–Crippen LogP) is 3.91. The van der Waals surface area contributed by atoms with Crippen LogP contribution in [0.2, 0.25) is 0 Å². The molecule has 0 heterocycles. The van der Waals surface area contributed by atoms with Crippen LogP contribution in [0.15, 0.2) is 53.0 Å². The molecule has 0 saturated carbocycles. The van der Waals surface area contributed by atoms with Gasteiger partial charge in [-0.05, 0) is 36.4 Å². The number of hydrogen-bond donors (Lipinski definition) is 0. The molecule has 0 fully saturated rings. The Kier molecular flexibility index (Phi) is 4.32. The zero-order valence-corrected chi connectivity index (χ0v) is 12.0. The summed E-state index contributed by atoms with van der Waals surface area (Å²) in [5.74, 6) is -0.254. The Balaban J connectivity index is 2.06. The van der Waals surface area contributed by atoms with E-state index >= 15 is 0 Å². The summed E-state index contributed by atoms with van der Waals surface area (Å²) in [5.41, 5.74) is 1.48. The second-order valence-corrected chi connectivity index (χ2v) is 5.18. The molecule has 0 N–H and O–H groups in total. The van der Waals surface area contributed by atoms with Gasteiger partial charge in [0.1, 0.15) is 5.82 Å². The number of hydrogen-bond acceptors (Lipinski definition) is 2. The number of likely N-dealkylation sites (N-methyl/N-ethyl adjacent to an activating group) is 1. The molecule has 0 bridgehead atoms. The van der Waals surface area contributed by atoms with Gasteiger partial charge in [-0.2, -0.15) is 0 Å². The van der Waals surface area contributed by atoms with Crippen LogP contribution in [-0.2, 0) is 0 Å². The van der Waals surface area contributed by atoms with Crippen molar-refractivity contribution in [1.29, 1.82) is 0 Å². The van der Waals surface area contributed by atoms with Gasteiger partial charge in [-0.3, -0.25) is 4.79 Å². The van der Waals surface area contributed by atoms with Crippen molar-refractivity contribution in [2.75, 3.05) is 18.5 Å². The van der Waals surface area contributed by atoms with Gasteiger partial charge < -0.3 is 4.90 Å². The summed E-state index contributed by atoms with van der Waals surface area (Å²) in [7, 11) is 1.81. The van der Waals surface area contributed by atoms with Gasteiger partial charge in [0.2, 0.25) is 0 Å². The smallest absolute Gasteiger partial charge is 0.182 e. The lowest BCUT2D eigenvalue weighted by atomic mass is 10.1. The van der Waals surface area contributed by atoms with E-state index in [0.29, 0.717) is 5.56 Å². The Morgan fingerprint density at radius 2 is 1.68 bits per heavy atom. The number of benzene rings is 2. The van der Waals surface area contributed by atoms with E-state index in [1.165, 1.54) is 12.1 Å². The van der Waals surface area contributed by atoms with E-state index < -0.39 is 0 Å². The van der Waals surface area contributed by atoms with Crippen molar-refractivity contribution >= 4 is 27.4 Å². The average molecular weight is 322 g/mol. The van der Waals surface area contributed by atoms with Gasteiger partial charge in [0.15, 0.2) is 5.78 Å². The summed E-state index contributed by atoms with van der Waals surface area (Å²) in [6, 6.07) is 13.3. The average Bonchev–Trinajstić information content (AvgIpc) is 2.40. The maximum atomic E-state index is 12.8. The SMILES string of the molecule is CN(CC(=O)c1ccc(Br)cc1)c1ccc(F)cc1. The fourth-order valence-corrected chi connectivity index (χ4v) is 1.99. The summed E-state index contributed by atoms with van der Waals surface area (Å²) < 4.78 is 13.8. The Labute approximate surface area is 120 Å². The van der Waals surface area contributed by atoms with Crippen LogP contribution in [0.5, 0.6) is 0 Å². The number of rotatable bonds is 4. The lowest BCUT2D eigenvalue weighted by Crippen LogP contribution is -2.25. The molecule has 0 atom stereocenters. The van der Waals surface area contributed by atoms with Crippen LogP contribution in [0.25, 0.3) is 0 Å². The molecule has 0 radical (unpaired) electrons. The van der Waals surface area contributed by atoms with E-state index in [1.54, 1.807) is 29.2 Å². The summed E-state index contributed by atoms with van der Waals surface area (Å²) in [4.78, 5) is 13.9. The monoisotopic (exact) mass is 321 g/mol. The number of anilines is 1. The van der Waals surface area contributed by atoms with Crippen LogP contribution >= 0.6 is 15.9 Å². The number of nitrogens with zero attached hydrogens (tertiary/aromatic N) is 1. The van der Waals surface area contributed by atoms with E-state index in [4.69, 9.17) is 0 Å². The number of Topliss-reactive ketones (excluding diaryl/α,β-unsaturated/α-hetero) is 1. The molecule has 0 spiro atoms. The van der Waals surface area contributed by atoms with Crippen molar-refractivity contribution in [3.05, 3.63) is 64.4 Å². The maximum absolute atomic E-state index is 12.8. The van der Waals surface area contributed by atoms with E-state index in [9.17, 15) is 9.18 Å². The highest BCUT2D eigenvalue weighted by molar-refractivity contribution is 9.10. The van der Waals surface area contributed by atoms with Gasteiger partial charge in [0, 0.05) is 22.8 Å². The van der Waals surface area contributed by atoms with Crippen LogP contribution in [0.3, 0.4) is 0 Å². The highest BCUT2D eigenvalue weighted by Crippen LogP contribution is 2.15. The quantitative estimate of drug-likeness (QED) is 0.796. The van der Waals surface area contributed by atoms with E-state index in [-0.39, 0.29) is 18.1 Å². The molecular weight excluding hydrogens is 309 g/mol. The fourth-order valence-electron chi connectivity index (χ4n) is 1.73. The highest BCUT2D eigenvalue weighted by Gasteiger charge is 2.10. The number of carbonyl (C=O) groups excluding carboxylic acids is 1. The molecule has 0 aliphatic carbocycles. The summed E-state index contributed by atoms with van der Waals surface area (Å²) >= 11 is 3.33. The lowest BCUT2D eigenvalue weighted by molar-refractivity contribution is 0.100. The second kappa shape index (κ2) is 5.97. The van der Waals surface area contributed by atoms with Gasteiger partial charge in [0.05, 0.1) is 6.54 Å². The minimum Gasteiger partial charge on any atom is -0.367 e. The minimum absolute atomic E-state index is 0.0272. The van der Waals surface area contributed by atoms with Gasteiger partial charge in [-0.1, -0.05) is 28.1 Å². The van der Waals surface area contributed by atoms with Crippen molar-refractivity contribution in [1.82, 2.24) is 0 Å². The van der Waals surface area contributed by atoms with Crippen LogP contribution < -0.4 is 4.90 Å². The molecule has 2 rings (SSSR count). The molecule has 98 valence electrons. The molecule has 2 nitrogen and oxygen atoms in total. The molecule has 0 unspecified atom stereocenters. The highest BCUT2D eigenvalue weighted by atomic mass is 79.9. The van der Waals surface area contributed by atoms with Crippen molar-refractivity contribution in [3.63, 3.8) is 0 Å². The Morgan fingerprint density at radius 1 is 1.11 bits per heavy atom. The van der Waals surface area contributed by atoms with Crippen molar-refractivity contribution in [3.8, 4) is 0 Å². The molecule has 0 aliphatic heterocycles. The molecule has 0 amide bonds. The van der Waals surface area contributed by atoms with Crippen LogP contribution in [0, 0.1) is 5.82 Å². The first-order valence-corrected chi connectivity index (χ1v) is 6.61. The molecule has 0 saturated heterocycles. The molecule has 0 aliphatic rings. The molecule has 2 aromatic rings. The van der Waals surface area contributed by atoms with Crippen molar-refractivity contribution in [2.24, 2.45) is 0 Å². The third kappa shape index (κ3) is 3.64.